The normalized spacial score (nSPS) is 13.3. The summed E-state index contributed by atoms with van der Waals surface area (Å²) in [6.45, 7) is 2.57. The number of hydrogen-bond acceptors (Lipinski definition) is 3. The molecule has 0 atom stereocenters. The summed E-state index contributed by atoms with van der Waals surface area (Å²) in [5.74, 6) is -1.04. The predicted molar refractivity (Wildman–Crippen MR) is 98.5 cm³/mol. The highest BCUT2D eigenvalue weighted by Gasteiger charge is 2.22. The molecule has 6 heteroatoms. The predicted octanol–water partition coefficient (Wildman–Crippen LogP) is 2.87. The van der Waals surface area contributed by atoms with Crippen LogP contribution in [0.4, 0.5) is 11.4 Å². The summed E-state index contributed by atoms with van der Waals surface area (Å²) < 4.78 is 0. The number of aryl methyl sites for hydroxylation is 1. The van der Waals surface area contributed by atoms with E-state index in [1.807, 2.05) is 19.1 Å². The lowest BCUT2D eigenvalue weighted by Gasteiger charge is -2.28. The van der Waals surface area contributed by atoms with E-state index >= 15 is 0 Å². The van der Waals surface area contributed by atoms with Gasteiger partial charge in [-0.25, -0.2) is 4.79 Å². The van der Waals surface area contributed by atoms with Gasteiger partial charge in [0, 0.05) is 24.3 Å². The number of hydrogen-bond donors (Lipinski definition) is 2. The van der Waals surface area contributed by atoms with Gasteiger partial charge in [-0.15, -0.1) is 0 Å². The molecule has 0 radical (unpaired) electrons. The van der Waals surface area contributed by atoms with E-state index in [2.05, 4.69) is 5.32 Å². The van der Waals surface area contributed by atoms with Crippen molar-refractivity contribution in [3.63, 3.8) is 0 Å². The molecular weight excluding hydrogens is 332 g/mol. The zero-order chi connectivity index (χ0) is 18.7. The first-order valence-electron chi connectivity index (χ1n) is 8.53. The van der Waals surface area contributed by atoms with Crippen LogP contribution in [0.3, 0.4) is 0 Å². The molecule has 1 aliphatic rings. The minimum atomic E-state index is -0.991. The Bertz CT molecular complexity index is 859. The summed E-state index contributed by atoms with van der Waals surface area (Å²) in [5.41, 5.74) is 3.59. The van der Waals surface area contributed by atoms with Crippen LogP contribution in [0, 0.1) is 0 Å². The van der Waals surface area contributed by atoms with Crippen LogP contribution in [0.2, 0.25) is 0 Å². The molecule has 134 valence electrons. The van der Waals surface area contributed by atoms with Crippen molar-refractivity contribution in [3.8, 4) is 0 Å². The second-order valence-corrected chi connectivity index (χ2v) is 6.21. The lowest BCUT2D eigenvalue weighted by Crippen LogP contribution is -2.34. The first-order chi connectivity index (χ1) is 12.5. The van der Waals surface area contributed by atoms with E-state index in [1.165, 1.54) is 12.1 Å². The summed E-state index contributed by atoms with van der Waals surface area (Å²) in [4.78, 5) is 36.8. The topological polar surface area (TPSA) is 86.7 Å². The molecule has 3 rings (SSSR count). The van der Waals surface area contributed by atoms with Gasteiger partial charge in [-0.2, -0.15) is 0 Å². The third-order valence-corrected chi connectivity index (χ3v) is 4.45. The van der Waals surface area contributed by atoms with Crippen molar-refractivity contribution in [1.82, 2.24) is 0 Å². The Morgan fingerprint density at radius 2 is 1.85 bits per heavy atom. The third kappa shape index (κ3) is 3.74. The zero-order valence-corrected chi connectivity index (χ0v) is 14.5. The number of aromatic carboxylic acids is 1. The molecular formula is C20H20N2O4. The number of carboxylic acid groups (broad SMARTS) is 1. The number of benzene rings is 2. The number of fused-ring (bicyclic) bond motifs is 1. The Morgan fingerprint density at radius 1 is 1.12 bits per heavy atom. The minimum Gasteiger partial charge on any atom is -0.478 e. The number of nitrogens with one attached hydrogen (secondary N) is 1. The molecule has 2 aromatic rings. The molecule has 0 bridgehead atoms. The van der Waals surface area contributed by atoms with Crippen LogP contribution in [0.15, 0.2) is 42.5 Å². The van der Waals surface area contributed by atoms with Crippen molar-refractivity contribution in [2.24, 2.45) is 0 Å². The molecule has 2 aromatic carbocycles. The van der Waals surface area contributed by atoms with Gasteiger partial charge in [-0.05, 0) is 54.8 Å². The summed E-state index contributed by atoms with van der Waals surface area (Å²) in [6, 6.07) is 11.8. The summed E-state index contributed by atoms with van der Waals surface area (Å²) in [7, 11) is 0. The van der Waals surface area contributed by atoms with Crippen molar-refractivity contribution in [2.45, 2.75) is 26.2 Å². The van der Waals surface area contributed by atoms with Gasteiger partial charge in [0.2, 0.25) is 11.8 Å². The minimum absolute atomic E-state index is 0.126. The molecule has 0 unspecified atom stereocenters. The van der Waals surface area contributed by atoms with Gasteiger partial charge in [0.15, 0.2) is 0 Å². The Hall–Kier alpha value is -3.15. The average Bonchev–Trinajstić information content (AvgIpc) is 2.62. The molecule has 26 heavy (non-hydrogen) atoms. The van der Waals surface area contributed by atoms with Crippen LogP contribution in [-0.2, 0) is 22.4 Å². The van der Waals surface area contributed by atoms with E-state index in [4.69, 9.17) is 5.11 Å². The van der Waals surface area contributed by atoms with E-state index in [0.717, 1.165) is 16.8 Å². The van der Waals surface area contributed by atoms with Gasteiger partial charge in [0.05, 0.1) is 12.0 Å². The largest absolute Gasteiger partial charge is 0.478 e. The second-order valence-electron chi connectivity index (χ2n) is 6.21. The van der Waals surface area contributed by atoms with Crippen LogP contribution in [-0.4, -0.2) is 29.4 Å². The smallest absolute Gasteiger partial charge is 0.335 e. The van der Waals surface area contributed by atoms with Gasteiger partial charge in [-0.1, -0.05) is 12.1 Å². The fourth-order valence-corrected chi connectivity index (χ4v) is 3.14. The zero-order valence-electron chi connectivity index (χ0n) is 14.5. The summed E-state index contributed by atoms with van der Waals surface area (Å²) in [6.07, 6.45) is 1.32. The highest BCUT2D eigenvalue weighted by molar-refractivity contribution is 5.98. The van der Waals surface area contributed by atoms with Crippen LogP contribution >= 0.6 is 0 Å². The van der Waals surface area contributed by atoms with E-state index in [0.29, 0.717) is 25.1 Å². The standard InChI is InChI=1S/C20H20N2O4/c1-2-22-17-9-8-16(12-15(17)7-10-19(22)24)21-18(23)11-13-3-5-14(6-4-13)20(25)26/h3-6,8-9,12H,2,7,10-11H2,1H3,(H,21,23)(H,25,26). The van der Waals surface area contributed by atoms with Crippen LogP contribution in [0.25, 0.3) is 0 Å². The number of rotatable bonds is 5. The molecule has 2 amide bonds. The van der Waals surface area contributed by atoms with Crippen molar-refractivity contribution < 1.29 is 19.5 Å². The van der Waals surface area contributed by atoms with E-state index in [-0.39, 0.29) is 23.8 Å². The third-order valence-electron chi connectivity index (χ3n) is 4.45. The van der Waals surface area contributed by atoms with Gasteiger partial charge in [0.25, 0.3) is 0 Å². The Labute approximate surface area is 151 Å². The molecule has 0 fully saturated rings. The molecule has 0 aromatic heterocycles. The molecule has 1 aliphatic heterocycles. The van der Waals surface area contributed by atoms with Gasteiger partial charge in [0.1, 0.15) is 0 Å². The van der Waals surface area contributed by atoms with E-state index in [1.54, 1.807) is 23.1 Å². The number of nitrogens with zero attached hydrogens (tertiary/aromatic N) is 1. The number of carbonyl (C=O) groups excluding carboxylic acids is 2. The Morgan fingerprint density at radius 3 is 2.50 bits per heavy atom. The van der Waals surface area contributed by atoms with Crippen LogP contribution in [0.5, 0.6) is 0 Å². The molecule has 2 N–H and O–H groups in total. The molecule has 6 nitrogen and oxygen atoms in total. The van der Waals surface area contributed by atoms with Crippen molar-refractivity contribution >= 4 is 29.2 Å². The fourth-order valence-electron chi connectivity index (χ4n) is 3.14. The first kappa shape index (κ1) is 17.7. The molecule has 0 spiro atoms. The number of carbonyl (C=O) groups is 3. The fraction of sp³-hybridized carbons (Fsp3) is 0.250. The maximum atomic E-state index is 12.2. The SMILES string of the molecule is CCN1C(=O)CCc2cc(NC(=O)Cc3ccc(C(=O)O)cc3)ccc21. The monoisotopic (exact) mass is 352 g/mol. The van der Waals surface area contributed by atoms with Crippen LogP contribution in [0.1, 0.15) is 34.8 Å². The maximum Gasteiger partial charge on any atom is 0.335 e. The first-order valence-corrected chi connectivity index (χ1v) is 8.53. The Kier molecular flexibility index (Phi) is 5.02. The van der Waals surface area contributed by atoms with Crippen molar-refractivity contribution in [1.29, 1.82) is 0 Å². The summed E-state index contributed by atoms with van der Waals surface area (Å²) in [5, 5.41) is 11.8. The molecule has 0 saturated carbocycles. The lowest BCUT2D eigenvalue weighted by molar-refractivity contribution is -0.119. The molecule has 1 heterocycles. The van der Waals surface area contributed by atoms with Crippen LogP contribution < -0.4 is 10.2 Å². The highest BCUT2D eigenvalue weighted by Crippen LogP contribution is 2.30. The highest BCUT2D eigenvalue weighted by atomic mass is 16.4. The lowest BCUT2D eigenvalue weighted by atomic mass is 10.0. The average molecular weight is 352 g/mol. The molecule has 0 saturated heterocycles. The number of anilines is 2. The van der Waals surface area contributed by atoms with Crippen molar-refractivity contribution in [2.75, 3.05) is 16.8 Å². The van der Waals surface area contributed by atoms with E-state index in [9.17, 15) is 14.4 Å². The number of amides is 2. The quantitative estimate of drug-likeness (QED) is 0.866. The van der Waals surface area contributed by atoms with Gasteiger partial charge in [-0.3, -0.25) is 9.59 Å². The number of carboxylic acids is 1. The second kappa shape index (κ2) is 7.39. The summed E-state index contributed by atoms with van der Waals surface area (Å²) >= 11 is 0. The van der Waals surface area contributed by atoms with Crippen molar-refractivity contribution in [3.05, 3.63) is 59.2 Å². The van der Waals surface area contributed by atoms with Gasteiger partial charge >= 0.3 is 5.97 Å². The Balaban J connectivity index is 1.68. The van der Waals surface area contributed by atoms with Gasteiger partial charge < -0.3 is 15.3 Å². The molecule has 0 aliphatic carbocycles. The maximum absolute atomic E-state index is 12.2. The van der Waals surface area contributed by atoms with E-state index < -0.39 is 5.97 Å².